The molecular formula is C4H8F2O3S. The maximum absolute atomic E-state index is 9.99. The maximum atomic E-state index is 9.99. The highest BCUT2D eigenvalue weighted by Gasteiger charge is 1.95. The van der Waals surface area contributed by atoms with Gasteiger partial charge in [-0.3, -0.25) is 0 Å². The van der Waals surface area contributed by atoms with Gasteiger partial charge >= 0.3 is 10.6 Å². The molecule has 3 nitrogen and oxygen atoms in total. The highest BCUT2D eigenvalue weighted by Crippen LogP contribution is 1.98. The Morgan fingerprint density at radius 1 is 1.10 bits per heavy atom. The Labute approximate surface area is 58.5 Å². The Balaban J connectivity index is 0.000000162. The molecule has 0 atom stereocenters. The van der Waals surface area contributed by atoms with E-state index >= 15 is 0 Å². The van der Waals surface area contributed by atoms with Gasteiger partial charge in [0.2, 0.25) is 0 Å². The fraction of sp³-hybridized carbons (Fsp3) is 1.00. The molecule has 0 N–H and O–H groups in total. The fourth-order valence-corrected chi connectivity index (χ4v) is 0.510. The van der Waals surface area contributed by atoms with Crippen LogP contribution in [0.1, 0.15) is 12.8 Å². The summed E-state index contributed by atoms with van der Waals surface area (Å²) in [5, 5.41) is 0. The predicted molar refractivity (Wildman–Crippen MR) is 31.2 cm³/mol. The topological polar surface area (TPSA) is 43.4 Å². The maximum Gasteiger partial charge on any atom is 0.476 e. The molecule has 6 heteroatoms. The van der Waals surface area contributed by atoms with E-state index in [0.717, 1.165) is 13.2 Å². The van der Waals surface area contributed by atoms with Gasteiger partial charge in [0, 0.05) is 13.2 Å². The number of hydrogen-bond acceptors (Lipinski definition) is 3. The number of rotatable bonds is 0. The van der Waals surface area contributed by atoms with Crippen LogP contribution in [0.15, 0.2) is 0 Å². The van der Waals surface area contributed by atoms with Crippen LogP contribution in [0.25, 0.3) is 0 Å². The molecule has 0 aromatic carbocycles. The first-order valence-electron chi connectivity index (χ1n) is 2.72. The number of hydrogen-bond donors (Lipinski definition) is 0. The Hall–Kier alpha value is -0.230. The smallest absolute Gasteiger partial charge is 0.381 e. The molecule has 0 amide bonds. The Morgan fingerprint density at radius 2 is 1.40 bits per heavy atom. The van der Waals surface area contributed by atoms with Crippen LogP contribution in [0.2, 0.25) is 0 Å². The lowest BCUT2D eigenvalue weighted by molar-refractivity contribution is 0.198. The summed E-state index contributed by atoms with van der Waals surface area (Å²) in [7, 11) is -5.67. The molecule has 0 radical (unpaired) electrons. The van der Waals surface area contributed by atoms with Gasteiger partial charge in [-0.25, -0.2) is 0 Å². The first-order valence-corrected chi connectivity index (χ1v) is 4.00. The second-order valence-electron chi connectivity index (χ2n) is 1.70. The lowest BCUT2D eigenvalue weighted by Gasteiger charge is -1.76. The van der Waals surface area contributed by atoms with Gasteiger partial charge in [0.1, 0.15) is 0 Å². The van der Waals surface area contributed by atoms with Gasteiger partial charge in [0.25, 0.3) is 0 Å². The molecule has 0 aromatic heterocycles. The van der Waals surface area contributed by atoms with Crippen LogP contribution < -0.4 is 0 Å². The van der Waals surface area contributed by atoms with Crippen molar-refractivity contribution in [3.05, 3.63) is 0 Å². The molecule has 0 aromatic rings. The van der Waals surface area contributed by atoms with Crippen LogP contribution in [0, 0.1) is 0 Å². The average molecular weight is 174 g/mol. The van der Waals surface area contributed by atoms with Gasteiger partial charge < -0.3 is 4.74 Å². The molecule has 1 saturated heterocycles. The van der Waals surface area contributed by atoms with Gasteiger partial charge in [-0.2, -0.15) is 8.42 Å². The summed E-state index contributed by atoms with van der Waals surface area (Å²) in [6.45, 7) is 2.00. The monoisotopic (exact) mass is 174 g/mol. The molecule has 1 rings (SSSR count). The zero-order chi connectivity index (χ0) is 8.04. The Kier molecular flexibility index (Phi) is 4.46. The van der Waals surface area contributed by atoms with Crippen LogP contribution in [-0.2, 0) is 15.3 Å². The molecule has 62 valence electrons. The third-order valence-corrected chi connectivity index (χ3v) is 0.827. The second-order valence-corrected chi connectivity index (χ2v) is 2.45. The number of ether oxygens (including phenoxy) is 1. The summed E-state index contributed by atoms with van der Waals surface area (Å²) in [5.41, 5.74) is 0. The largest absolute Gasteiger partial charge is 0.476 e. The SMILES string of the molecule is C1CCOC1.O=S(=O)(F)F. The summed E-state index contributed by atoms with van der Waals surface area (Å²) in [5.74, 6) is 0. The quantitative estimate of drug-likeness (QED) is 0.514. The van der Waals surface area contributed by atoms with Gasteiger partial charge in [-0.05, 0) is 12.8 Å². The van der Waals surface area contributed by atoms with Crippen LogP contribution in [0.3, 0.4) is 0 Å². The third-order valence-electron chi connectivity index (χ3n) is 0.827. The molecule has 1 fully saturated rings. The molecular weight excluding hydrogens is 166 g/mol. The van der Waals surface area contributed by atoms with E-state index in [4.69, 9.17) is 13.2 Å². The van der Waals surface area contributed by atoms with Crippen molar-refractivity contribution in [1.29, 1.82) is 0 Å². The third kappa shape index (κ3) is 15.7. The molecule has 1 aliphatic heterocycles. The fourth-order valence-electron chi connectivity index (χ4n) is 0.510. The van der Waals surface area contributed by atoms with Gasteiger partial charge in [-0.1, -0.05) is 7.77 Å². The second kappa shape index (κ2) is 4.56. The van der Waals surface area contributed by atoms with Crippen molar-refractivity contribution in [1.82, 2.24) is 0 Å². The van der Waals surface area contributed by atoms with Crippen molar-refractivity contribution in [3.8, 4) is 0 Å². The first kappa shape index (κ1) is 9.77. The minimum atomic E-state index is -5.67. The van der Waals surface area contributed by atoms with Crippen molar-refractivity contribution in [2.24, 2.45) is 0 Å². The zero-order valence-electron chi connectivity index (χ0n) is 5.22. The van der Waals surface area contributed by atoms with Crippen LogP contribution >= 0.6 is 0 Å². The van der Waals surface area contributed by atoms with Crippen LogP contribution in [0.5, 0.6) is 0 Å². The minimum absolute atomic E-state index is 1.00. The van der Waals surface area contributed by atoms with E-state index in [9.17, 15) is 7.77 Å². The van der Waals surface area contributed by atoms with E-state index in [-0.39, 0.29) is 0 Å². The van der Waals surface area contributed by atoms with E-state index in [2.05, 4.69) is 0 Å². The van der Waals surface area contributed by atoms with E-state index in [0.29, 0.717) is 0 Å². The van der Waals surface area contributed by atoms with Crippen molar-refractivity contribution in [3.63, 3.8) is 0 Å². The lowest BCUT2D eigenvalue weighted by atomic mass is 10.4. The van der Waals surface area contributed by atoms with E-state index in [1.165, 1.54) is 12.8 Å². The summed E-state index contributed by atoms with van der Waals surface area (Å²) in [6.07, 6.45) is 2.56. The van der Waals surface area contributed by atoms with E-state index < -0.39 is 10.6 Å². The Morgan fingerprint density at radius 3 is 1.50 bits per heavy atom. The molecule has 10 heavy (non-hydrogen) atoms. The first-order chi connectivity index (χ1) is 4.50. The van der Waals surface area contributed by atoms with E-state index in [1.807, 2.05) is 0 Å². The zero-order valence-corrected chi connectivity index (χ0v) is 6.03. The Bertz CT molecular complexity index is 146. The molecule has 0 bridgehead atoms. The van der Waals surface area contributed by atoms with Gasteiger partial charge in [0.05, 0.1) is 0 Å². The molecule has 0 aliphatic carbocycles. The van der Waals surface area contributed by atoms with Crippen molar-refractivity contribution >= 4 is 10.6 Å². The van der Waals surface area contributed by atoms with E-state index in [1.54, 1.807) is 0 Å². The molecule has 0 saturated carbocycles. The normalized spacial score (nSPS) is 17.8. The van der Waals surface area contributed by atoms with Gasteiger partial charge in [0.15, 0.2) is 0 Å². The summed E-state index contributed by atoms with van der Waals surface area (Å²) < 4.78 is 41.5. The molecule has 1 heterocycles. The summed E-state index contributed by atoms with van der Waals surface area (Å²) >= 11 is 0. The van der Waals surface area contributed by atoms with Crippen LogP contribution in [-0.4, -0.2) is 21.6 Å². The van der Waals surface area contributed by atoms with Gasteiger partial charge in [-0.15, -0.1) is 0 Å². The summed E-state index contributed by atoms with van der Waals surface area (Å²) in [6, 6.07) is 0. The highest BCUT2D eigenvalue weighted by atomic mass is 32.3. The standard InChI is InChI=1S/C4H8O.F2O2S/c1-2-4-5-3-1;1-5(2,3)4/h1-4H2;. The van der Waals surface area contributed by atoms with Crippen LogP contribution in [0.4, 0.5) is 7.77 Å². The molecule has 0 spiro atoms. The molecule has 1 aliphatic rings. The molecule has 0 unspecified atom stereocenters. The minimum Gasteiger partial charge on any atom is -0.381 e. The number of halogens is 2. The predicted octanol–water partition coefficient (Wildman–Crippen LogP) is 0.967. The lowest BCUT2D eigenvalue weighted by Crippen LogP contribution is -1.74. The van der Waals surface area contributed by atoms with Crippen molar-refractivity contribution < 1.29 is 20.9 Å². The van der Waals surface area contributed by atoms with Crippen molar-refractivity contribution in [2.45, 2.75) is 12.8 Å². The van der Waals surface area contributed by atoms with Crippen molar-refractivity contribution in [2.75, 3.05) is 13.2 Å². The highest BCUT2D eigenvalue weighted by molar-refractivity contribution is 7.81. The summed E-state index contributed by atoms with van der Waals surface area (Å²) in [4.78, 5) is 0. The average Bonchev–Trinajstić information content (AvgIpc) is 2.07.